The van der Waals surface area contributed by atoms with Gasteiger partial charge in [0.25, 0.3) is 0 Å². The molecule has 0 unspecified atom stereocenters. The molecule has 0 spiro atoms. The summed E-state index contributed by atoms with van der Waals surface area (Å²) in [5.41, 5.74) is 0.155. The van der Waals surface area contributed by atoms with E-state index in [1.54, 1.807) is 36.4 Å². The van der Waals surface area contributed by atoms with Crippen LogP contribution in [0.25, 0.3) is 23.0 Å². The van der Waals surface area contributed by atoms with Gasteiger partial charge >= 0.3 is 6.18 Å². The highest BCUT2D eigenvalue weighted by Crippen LogP contribution is 2.30. The fourth-order valence-corrected chi connectivity index (χ4v) is 2.35. The molecule has 3 nitrogen and oxygen atoms in total. The smallest absolute Gasteiger partial charge is 0.417 e. The fourth-order valence-electron chi connectivity index (χ4n) is 2.23. The Morgan fingerprint density at radius 1 is 1.08 bits per heavy atom. The Hall–Kier alpha value is -3.04. The summed E-state index contributed by atoms with van der Waals surface area (Å²) in [7, 11) is 0. The van der Waals surface area contributed by atoms with Crippen LogP contribution in [0.3, 0.4) is 0 Å². The van der Waals surface area contributed by atoms with Crippen molar-refractivity contribution >= 4 is 23.3 Å². The Morgan fingerprint density at radius 3 is 2.38 bits per heavy atom. The van der Waals surface area contributed by atoms with Gasteiger partial charge in [-0.05, 0) is 48.5 Å². The Morgan fingerprint density at radius 2 is 1.81 bits per heavy atom. The zero-order valence-corrected chi connectivity index (χ0v) is 13.8. The minimum Gasteiger partial charge on any atom is -0.457 e. The molecule has 0 atom stereocenters. The highest BCUT2D eigenvalue weighted by Gasteiger charge is 2.30. The average Bonchev–Trinajstić information content (AvgIpc) is 3.08. The molecule has 0 amide bonds. The predicted molar refractivity (Wildman–Crippen MR) is 91.9 cm³/mol. The van der Waals surface area contributed by atoms with Crippen molar-refractivity contribution in [2.75, 3.05) is 0 Å². The first kappa shape index (κ1) is 17.8. The van der Waals surface area contributed by atoms with Gasteiger partial charge < -0.3 is 4.42 Å². The maximum Gasteiger partial charge on any atom is 0.417 e. The second-order valence-electron chi connectivity index (χ2n) is 5.31. The molecule has 3 rings (SSSR count). The molecule has 130 valence electrons. The number of halogens is 4. The molecule has 7 heteroatoms. The van der Waals surface area contributed by atoms with E-state index in [0.29, 0.717) is 22.7 Å². The zero-order valence-electron chi connectivity index (χ0n) is 13.1. The van der Waals surface area contributed by atoms with E-state index in [1.165, 1.54) is 6.08 Å². The van der Waals surface area contributed by atoms with Gasteiger partial charge in [-0.25, -0.2) is 0 Å². The first-order valence-electron chi connectivity index (χ1n) is 7.38. The average molecular weight is 375 g/mol. The maximum atomic E-state index is 12.6. The van der Waals surface area contributed by atoms with Gasteiger partial charge in [-0.3, -0.25) is 4.98 Å². The normalized spacial score (nSPS) is 12.0. The SMILES string of the molecule is N#C/C(=C\c1ccc(-c2ccc(Cl)cc2)o1)c1ccc(C(F)(F)F)cn1. The fraction of sp³-hybridized carbons (Fsp3) is 0.0526. The molecule has 3 aromatic rings. The monoisotopic (exact) mass is 374 g/mol. The van der Waals surface area contributed by atoms with Crippen molar-refractivity contribution in [3.63, 3.8) is 0 Å². The van der Waals surface area contributed by atoms with E-state index >= 15 is 0 Å². The van der Waals surface area contributed by atoms with Crippen LogP contribution in [0, 0.1) is 11.3 Å². The van der Waals surface area contributed by atoms with Crippen LogP contribution < -0.4 is 0 Å². The number of benzene rings is 1. The third-order valence-electron chi connectivity index (χ3n) is 3.53. The maximum absolute atomic E-state index is 12.6. The first-order chi connectivity index (χ1) is 12.4. The molecule has 0 N–H and O–H groups in total. The van der Waals surface area contributed by atoms with E-state index in [1.807, 2.05) is 6.07 Å². The quantitative estimate of drug-likeness (QED) is 0.522. The molecule has 0 aliphatic carbocycles. The highest BCUT2D eigenvalue weighted by molar-refractivity contribution is 6.30. The molecular weight excluding hydrogens is 365 g/mol. The van der Waals surface area contributed by atoms with Crippen LogP contribution in [-0.4, -0.2) is 4.98 Å². The number of nitriles is 1. The van der Waals surface area contributed by atoms with Gasteiger partial charge in [0, 0.05) is 22.9 Å². The van der Waals surface area contributed by atoms with Crippen molar-refractivity contribution in [1.82, 2.24) is 4.98 Å². The third-order valence-corrected chi connectivity index (χ3v) is 3.78. The van der Waals surface area contributed by atoms with Crippen molar-refractivity contribution in [1.29, 1.82) is 5.26 Å². The third kappa shape index (κ3) is 3.95. The van der Waals surface area contributed by atoms with Crippen LogP contribution in [0.15, 0.2) is 59.1 Å². The van der Waals surface area contributed by atoms with Gasteiger partial charge in [0.15, 0.2) is 0 Å². The van der Waals surface area contributed by atoms with Crippen molar-refractivity contribution in [3.8, 4) is 17.4 Å². The van der Waals surface area contributed by atoms with Crippen molar-refractivity contribution < 1.29 is 17.6 Å². The summed E-state index contributed by atoms with van der Waals surface area (Å²) in [6.07, 6.45) is -2.35. The number of furan rings is 1. The summed E-state index contributed by atoms with van der Waals surface area (Å²) in [5, 5.41) is 9.89. The van der Waals surface area contributed by atoms with E-state index in [4.69, 9.17) is 16.0 Å². The molecular formula is C19H10ClF3N2O. The second kappa shape index (κ2) is 7.06. The molecule has 0 bridgehead atoms. The lowest BCUT2D eigenvalue weighted by atomic mass is 10.1. The molecule has 0 fully saturated rings. The lowest BCUT2D eigenvalue weighted by Crippen LogP contribution is -2.05. The molecule has 1 aromatic carbocycles. The number of allylic oxidation sites excluding steroid dienone is 1. The van der Waals surface area contributed by atoms with Crippen molar-refractivity contribution in [3.05, 3.63) is 76.8 Å². The number of hydrogen-bond acceptors (Lipinski definition) is 3. The molecule has 0 saturated carbocycles. The summed E-state index contributed by atoms with van der Waals surface area (Å²) in [4.78, 5) is 3.72. The van der Waals surface area contributed by atoms with Gasteiger partial charge in [0.05, 0.1) is 16.8 Å². The number of nitrogens with zero attached hydrogens (tertiary/aromatic N) is 2. The molecule has 2 aromatic heterocycles. The zero-order chi connectivity index (χ0) is 18.7. The molecule has 26 heavy (non-hydrogen) atoms. The Labute approximate surface area is 152 Å². The standard InChI is InChI=1S/C19H10ClF3N2O/c20-15-4-1-12(2-5-15)18-8-6-16(26-18)9-13(10-24)17-7-3-14(11-25-17)19(21,22)23/h1-9,11H/b13-9+. The van der Waals surface area contributed by atoms with Crippen LogP contribution >= 0.6 is 11.6 Å². The van der Waals surface area contributed by atoms with E-state index < -0.39 is 11.7 Å². The minimum absolute atomic E-state index is 0.0933. The minimum atomic E-state index is -4.48. The van der Waals surface area contributed by atoms with Crippen LogP contribution in [0.4, 0.5) is 13.2 Å². The van der Waals surface area contributed by atoms with Crippen molar-refractivity contribution in [2.24, 2.45) is 0 Å². The number of pyridine rings is 1. The van der Waals surface area contributed by atoms with Gasteiger partial charge in [0.1, 0.15) is 17.6 Å². The van der Waals surface area contributed by atoms with Crippen LogP contribution in [0.1, 0.15) is 17.0 Å². The van der Waals surface area contributed by atoms with Gasteiger partial charge in [-0.15, -0.1) is 0 Å². The highest BCUT2D eigenvalue weighted by atomic mass is 35.5. The van der Waals surface area contributed by atoms with E-state index in [9.17, 15) is 18.4 Å². The lowest BCUT2D eigenvalue weighted by molar-refractivity contribution is -0.137. The van der Waals surface area contributed by atoms with Gasteiger partial charge in [-0.2, -0.15) is 18.4 Å². The van der Waals surface area contributed by atoms with Gasteiger partial charge in [0.2, 0.25) is 0 Å². The summed E-state index contributed by atoms with van der Waals surface area (Å²) >= 11 is 5.85. The van der Waals surface area contributed by atoms with E-state index in [0.717, 1.165) is 17.7 Å². The second-order valence-corrected chi connectivity index (χ2v) is 5.75. The predicted octanol–water partition coefficient (Wildman–Crippen LogP) is 6.08. The molecule has 0 saturated heterocycles. The number of alkyl halides is 3. The summed E-state index contributed by atoms with van der Waals surface area (Å²) in [6, 6.07) is 14.4. The van der Waals surface area contributed by atoms with Crippen LogP contribution in [0.2, 0.25) is 5.02 Å². The van der Waals surface area contributed by atoms with E-state index in [-0.39, 0.29) is 11.3 Å². The van der Waals surface area contributed by atoms with E-state index in [2.05, 4.69) is 4.98 Å². The first-order valence-corrected chi connectivity index (χ1v) is 7.76. The largest absolute Gasteiger partial charge is 0.457 e. The van der Waals surface area contributed by atoms with Crippen molar-refractivity contribution in [2.45, 2.75) is 6.18 Å². The lowest BCUT2D eigenvalue weighted by Gasteiger charge is -2.06. The summed E-state index contributed by atoms with van der Waals surface area (Å²) in [5.74, 6) is 0.957. The summed E-state index contributed by atoms with van der Waals surface area (Å²) in [6.45, 7) is 0. The van der Waals surface area contributed by atoms with Crippen LogP contribution in [0.5, 0.6) is 0 Å². The Balaban J connectivity index is 1.88. The van der Waals surface area contributed by atoms with Crippen LogP contribution in [-0.2, 0) is 6.18 Å². The number of aromatic nitrogens is 1. The topological polar surface area (TPSA) is 49.8 Å². The number of hydrogen-bond donors (Lipinski definition) is 0. The van der Waals surface area contributed by atoms with Gasteiger partial charge in [-0.1, -0.05) is 11.6 Å². The molecule has 0 aliphatic heterocycles. The number of rotatable bonds is 3. The summed E-state index contributed by atoms with van der Waals surface area (Å²) < 4.78 is 43.4. The molecule has 0 radical (unpaired) electrons. The Kier molecular flexibility index (Phi) is 4.83. The molecule has 0 aliphatic rings. The molecule has 2 heterocycles. The Bertz CT molecular complexity index is 981.